The topological polar surface area (TPSA) is 123 Å². The van der Waals surface area contributed by atoms with E-state index in [2.05, 4.69) is 15.6 Å². The molecule has 2 rings (SSSR count). The van der Waals surface area contributed by atoms with Gasteiger partial charge in [0.2, 0.25) is 0 Å². The van der Waals surface area contributed by atoms with Gasteiger partial charge in [0, 0.05) is 12.2 Å². The van der Waals surface area contributed by atoms with Crippen molar-refractivity contribution < 1.29 is 19.1 Å². The van der Waals surface area contributed by atoms with Crippen molar-refractivity contribution in [3.05, 3.63) is 41.5 Å². The number of carboxylic acids is 1. The number of amides is 1. The van der Waals surface area contributed by atoms with Crippen LogP contribution in [0.2, 0.25) is 0 Å². The Kier molecular flexibility index (Phi) is 4.24. The van der Waals surface area contributed by atoms with Gasteiger partial charge in [0.05, 0.1) is 18.3 Å². The van der Waals surface area contributed by atoms with Crippen molar-refractivity contribution in [1.82, 2.24) is 15.0 Å². The van der Waals surface area contributed by atoms with Gasteiger partial charge in [0.15, 0.2) is 5.69 Å². The lowest BCUT2D eigenvalue weighted by atomic mass is 10.2. The van der Waals surface area contributed by atoms with Crippen LogP contribution in [0.3, 0.4) is 0 Å². The molecule has 9 heteroatoms. The Morgan fingerprint density at radius 1 is 1.43 bits per heavy atom. The van der Waals surface area contributed by atoms with E-state index >= 15 is 0 Å². The van der Waals surface area contributed by atoms with Crippen LogP contribution in [0, 0.1) is 5.82 Å². The van der Waals surface area contributed by atoms with Gasteiger partial charge in [-0.25, -0.2) is 9.18 Å². The molecule has 0 aliphatic heterocycles. The number of carbonyl (C=O) groups excluding carboxylic acids is 1. The van der Waals surface area contributed by atoms with E-state index in [1.54, 1.807) is 0 Å². The fourth-order valence-corrected chi connectivity index (χ4v) is 1.61. The number of benzene rings is 1. The number of carboxylic acid groups (broad SMARTS) is 1. The fraction of sp³-hybridized carbons (Fsp3) is 0.167. The third-order valence-corrected chi connectivity index (χ3v) is 2.59. The zero-order valence-electron chi connectivity index (χ0n) is 10.8. The molecule has 0 unspecified atom stereocenters. The maximum absolute atomic E-state index is 13.5. The molecule has 0 aliphatic rings. The van der Waals surface area contributed by atoms with E-state index in [9.17, 15) is 14.0 Å². The van der Waals surface area contributed by atoms with Crippen LogP contribution in [0.25, 0.3) is 0 Å². The number of aromatic carboxylic acids is 1. The van der Waals surface area contributed by atoms with E-state index in [4.69, 9.17) is 10.8 Å². The van der Waals surface area contributed by atoms with E-state index in [0.717, 1.165) is 12.1 Å². The number of hydrogen-bond acceptors (Lipinski definition) is 5. The maximum Gasteiger partial charge on any atom is 0.338 e. The number of rotatable bonds is 5. The van der Waals surface area contributed by atoms with Crippen LogP contribution in [0.4, 0.5) is 10.1 Å². The van der Waals surface area contributed by atoms with Crippen LogP contribution in [-0.4, -0.2) is 38.5 Å². The summed E-state index contributed by atoms with van der Waals surface area (Å²) in [7, 11) is 0. The summed E-state index contributed by atoms with van der Waals surface area (Å²) < 4.78 is 14.9. The van der Waals surface area contributed by atoms with Gasteiger partial charge in [0.1, 0.15) is 5.82 Å². The van der Waals surface area contributed by atoms with Gasteiger partial charge in [0.25, 0.3) is 5.91 Å². The van der Waals surface area contributed by atoms with Crippen LogP contribution in [0.15, 0.2) is 24.4 Å². The largest absolute Gasteiger partial charge is 0.478 e. The predicted octanol–water partition coefficient (Wildman–Crippen LogP) is 0.326. The second kappa shape index (κ2) is 6.09. The summed E-state index contributed by atoms with van der Waals surface area (Å²) >= 11 is 0. The highest BCUT2D eigenvalue weighted by molar-refractivity contribution is 6.02. The molecule has 1 aromatic heterocycles. The van der Waals surface area contributed by atoms with Crippen molar-refractivity contribution in [2.75, 3.05) is 11.9 Å². The number of anilines is 1. The summed E-state index contributed by atoms with van der Waals surface area (Å²) in [4.78, 5) is 22.5. The van der Waals surface area contributed by atoms with Crippen molar-refractivity contribution in [2.24, 2.45) is 5.73 Å². The average Bonchev–Trinajstić information content (AvgIpc) is 2.87. The summed E-state index contributed by atoms with van der Waals surface area (Å²) in [5.74, 6) is -2.90. The summed E-state index contributed by atoms with van der Waals surface area (Å²) in [5, 5.41) is 18.5. The average molecular weight is 293 g/mol. The first kappa shape index (κ1) is 14.6. The van der Waals surface area contributed by atoms with E-state index in [-0.39, 0.29) is 11.4 Å². The van der Waals surface area contributed by atoms with Gasteiger partial charge in [-0.2, -0.15) is 0 Å². The van der Waals surface area contributed by atoms with E-state index < -0.39 is 23.3 Å². The van der Waals surface area contributed by atoms with Crippen molar-refractivity contribution in [3.63, 3.8) is 0 Å². The lowest BCUT2D eigenvalue weighted by molar-refractivity contribution is 0.0692. The van der Waals surface area contributed by atoms with Crippen molar-refractivity contribution in [1.29, 1.82) is 0 Å². The van der Waals surface area contributed by atoms with Crippen molar-refractivity contribution >= 4 is 17.6 Å². The Balaban J connectivity index is 2.11. The van der Waals surface area contributed by atoms with Crippen molar-refractivity contribution in [3.8, 4) is 0 Å². The Hall–Kier alpha value is -2.81. The highest BCUT2D eigenvalue weighted by atomic mass is 19.1. The Bertz CT molecular complexity index is 685. The zero-order valence-corrected chi connectivity index (χ0v) is 10.8. The van der Waals surface area contributed by atoms with Gasteiger partial charge in [-0.05, 0) is 18.2 Å². The normalized spacial score (nSPS) is 10.4. The first-order valence-electron chi connectivity index (χ1n) is 5.95. The number of carbonyl (C=O) groups is 2. The van der Waals surface area contributed by atoms with Gasteiger partial charge in [-0.15, -0.1) is 5.10 Å². The lowest BCUT2D eigenvalue weighted by Gasteiger charge is -2.04. The first-order valence-corrected chi connectivity index (χ1v) is 5.95. The molecule has 21 heavy (non-hydrogen) atoms. The number of nitrogens with one attached hydrogen (secondary N) is 1. The molecule has 0 saturated heterocycles. The second-order valence-electron chi connectivity index (χ2n) is 4.11. The Labute approximate surface area is 118 Å². The molecule has 0 aliphatic carbocycles. The molecule has 8 nitrogen and oxygen atoms in total. The molecular weight excluding hydrogens is 281 g/mol. The highest BCUT2D eigenvalue weighted by Crippen LogP contribution is 2.15. The highest BCUT2D eigenvalue weighted by Gasteiger charge is 2.14. The third-order valence-electron chi connectivity index (χ3n) is 2.59. The molecule has 1 aromatic carbocycles. The number of aromatic nitrogens is 3. The van der Waals surface area contributed by atoms with E-state index in [1.807, 2.05) is 0 Å². The fourth-order valence-electron chi connectivity index (χ4n) is 1.61. The van der Waals surface area contributed by atoms with Crippen LogP contribution >= 0.6 is 0 Å². The minimum absolute atomic E-state index is 0.0474. The van der Waals surface area contributed by atoms with Gasteiger partial charge in [-0.1, -0.05) is 5.21 Å². The second-order valence-corrected chi connectivity index (χ2v) is 4.11. The summed E-state index contributed by atoms with van der Waals surface area (Å²) in [6.07, 6.45) is 1.41. The monoisotopic (exact) mass is 293 g/mol. The van der Waals surface area contributed by atoms with Crippen LogP contribution in [0.1, 0.15) is 20.8 Å². The number of halogens is 1. The molecule has 0 fully saturated rings. The lowest BCUT2D eigenvalue weighted by Crippen LogP contribution is -2.13. The standard InChI is InChI=1S/C12H12FN5O3/c13-9-5-7(1-2-8(9)12(20)21)15-11(19)10-6-18(4-3-14)17-16-10/h1-2,5-6H,3-4,14H2,(H,15,19)(H,20,21). The molecule has 2 aromatic rings. The maximum atomic E-state index is 13.5. The third kappa shape index (κ3) is 3.39. The summed E-state index contributed by atoms with van der Waals surface area (Å²) in [6.45, 7) is 0.772. The van der Waals surface area contributed by atoms with E-state index in [0.29, 0.717) is 13.1 Å². The molecule has 0 atom stereocenters. The molecule has 1 amide bonds. The number of nitrogens with two attached hydrogens (primary N) is 1. The first-order chi connectivity index (χ1) is 10.0. The Morgan fingerprint density at radius 3 is 2.81 bits per heavy atom. The molecule has 110 valence electrons. The molecular formula is C12H12FN5O3. The van der Waals surface area contributed by atoms with Crippen LogP contribution < -0.4 is 11.1 Å². The van der Waals surface area contributed by atoms with Crippen molar-refractivity contribution in [2.45, 2.75) is 6.54 Å². The van der Waals surface area contributed by atoms with Gasteiger partial charge < -0.3 is 16.2 Å². The minimum atomic E-state index is -1.38. The van der Waals surface area contributed by atoms with E-state index in [1.165, 1.54) is 16.9 Å². The van der Waals surface area contributed by atoms with Gasteiger partial charge >= 0.3 is 5.97 Å². The molecule has 0 bridgehead atoms. The number of nitrogens with zero attached hydrogens (tertiary/aromatic N) is 3. The smallest absolute Gasteiger partial charge is 0.338 e. The van der Waals surface area contributed by atoms with Crippen LogP contribution in [0.5, 0.6) is 0 Å². The SMILES string of the molecule is NCCn1cc(C(=O)Nc2ccc(C(=O)O)c(F)c2)nn1. The predicted molar refractivity (Wildman–Crippen MR) is 70.4 cm³/mol. The minimum Gasteiger partial charge on any atom is -0.478 e. The van der Waals surface area contributed by atoms with Crippen LogP contribution in [-0.2, 0) is 6.54 Å². The summed E-state index contributed by atoms with van der Waals surface area (Å²) in [6, 6.07) is 3.28. The van der Waals surface area contributed by atoms with Gasteiger partial charge in [-0.3, -0.25) is 9.48 Å². The molecule has 0 radical (unpaired) electrons. The molecule has 1 heterocycles. The number of hydrogen-bond donors (Lipinski definition) is 3. The molecule has 0 spiro atoms. The molecule has 0 saturated carbocycles. The zero-order chi connectivity index (χ0) is 15.4. The Morgan fingerprint density at radius 2 is 2.19 bits per heavy atom. The molecule has 4 N–H and O–H groups in total. The quantitative estimate of drug-likeness (QED) is 0.729. The summed E-state index contributed by atoms with van der Waals surface area (Å²) in [5.41, 5.74) is 5.04.